The van der Waals surface area contributed by atoms with Gasteiger partial charge in [-0.3, -0.25) is 0 Å². The fourth-order valence-electron chi connectivity index (χ4n) is 1.81. The maximum atomic E-state index is 13.2. The lowest BCUT2D eigenvalue weighted by Gasteiger charge is -2.15. The third-order valence-electron chi connectivity index (χ3n) is 2.90. The van der Waals surface area contributed by atoms with Crippen LogP contribution in [-0.2, 0) is 10.0 Å². The lowest BCUT2D eigenvalue weighted by Crippen LogP contribution is -2.27. The van der Waals surface area contributed by atoms with E-state index in [1.807, 2.05) is 0 Å². The van der Waals surface area contributed by atoms with E-state index in [9.17, 15) is 17.2 Å². The predicted octanol–water partition coefficient (Wildman–Crippen LogP) is 3.77. The molecule has 7 heteroatoms. The SMILES string of the molecule is CC(NS(=O)(=O)c1ccccc1Br)c1ccc(F)c(F)c1. The number of sulfonamides is 1. The van der Waals surface area contributed by atoms with E-state index in [4.69, 9.17) is 0 Å². The molecule has 2 aromatic rings. The molecule has 21 heavy (non-hydrogen) atoms. The smallest absolute Gasteiger partial charge is 0.207 e. The van der Waals surface area contributed by atoms with Crippen LogP contribution in [-0.4, -0.2) is 8.42 Å². The van der Waals surface area contributed by atoms with Crippen molar-refractivity contribution >= 4 is 26.0 Å². The Kier molecular flexibility index (Phi) is 4.75. The average Bonchev–Trinajstić information content (AvgIpc) is 2.41. The molecule has 2 aromatic carbocycles. The molecule has 0 spiro atoms. The summed E-state index contributed by atoms with van der Waals surface area (Å²) in [4.78, 5) is 0.0828. The zero-order valence-electron chi connectivity index (χ0n) is 11.0. The van der Waals surface area contributed by atoms with Gasteiger partial charge in [-0.1, -0.05) is 18.2 Å². The Bertz CT molecular complexity index is 765. The minimum Gasteiger partial charge on any atom is -0.207 e. The van der Waals surface area contributed by atoms with Gasteiger partial charge in [0.15, 0.2) is 11.6 Å². The number of hydrogen-bond acceptors (Lipinski definition) is 2. The molecule has 112 valence electrons. The van der Waals surface area contributed by atoms with E-state index in [-0.39, 0.29) is 4.90 Å². The van der Waals surface area contributed by atoms with E-state index in [1.54, 1.807) is 25.1 Å². The fourth-order valence-corrected chi connectivity index (χ4v) is 4.04. The standard InChI is InChI=1S/C14H12BrF2NO2S/c1-9(10-6-7-12(16)13(17)8-10)18-21(19,20)14-5-3-2-4-11(14)15/h2-9,18H,1H3. The molecular weight excluding hydrogens is 364 g/mol. The summed E-state index contributed by atoms with van der Waals surface area (Å²) >= 11 is 3.17. The molecule has 0 radical (unpaired) electrons. The molecule has 0 aliphatic heterocycles. The second kappa shape index (κ2) is 6.21. The van der Waals surface area contributed by atoms with Gasteiger partial charge in [-0.15, -0.1) is 0 Å². The quantitative estimate of drug-likeness (QED) is 0.883. The summed E-state index contributed by atoms with van der Waals surface area (Å²) in [5, 5.41) is 0. The first-order valence-electron chi connectivity index (χ1n) is 6.03. The Labute approximate surface area is 130 Å². The number of halogens is 3. The Morgan fingerprint density at radius 3 is 2.38 bits per heavy atom. The normalized spacial score (nSPS) is 13.1. The van der Waals surface area contributed by atoms with Gasteiger partial charge in [0, 0.05) is 10.5 Å². The van der Waals surface area contributed by atoms with Gasteiger partial charge in [-0.25, -0.2) is 21.9 Å². The number of benzene rings is 2. The third-order valence-corrected chi connectivity index (χ3v) is 5.45. The first-order chi connectivity index (χ1) is 9.81. The number of rotatable bonds is 4. The van der Waals surface area contributed by atoms with Crippen LogP contribution in [0.15, 0.2) is 51.8 Å². The van der Waals surface area contributed by atoms with Crippen molar-refractivity contribution in [3.8, 4) is 0 Å². The maximum Gasteiger partial charge on any atom is 0.242 e. The third kappa shape index (κ3) is 3.66. The first-order valence-corrected chi connectivity index (χ1v) is 8.30. The summed E-state index contributed by atoms with van der Waals surface area (Å²) in [6, 6.07) is 8.93. The highest BCUT2D eigenvalue weighted by Crippen LogP contribution is 2.24. The predicted molar refractivity (Wildman–Crippen MR) is 79.2 cm³/mol. The summed E-state index contributed by atoms with van der Waals surface area (Å²) in [6.45, 7) is 1.56. The summed E-state index contributed by atoms with van der Waals surface area (Å²) in [6.07, 6.45) is 0. The molecule has 0 aliphatic carbocycles. The van der Waals surface area contributed by atoms with E-state index in [2.05, 4.69) is 20.7 Å². The second-order valence-electron chi connectivity index (χ2n) is 4.45. The number of nitrogens with one attached hydrogen (secondary N) is 1. The Balaban J connectivity index is 2.28. The van der Waals surface area contributed by atoms with Gasteiger partial charge in [0.2, 0.25) is 10.0 Å². The summed E-state index contributed by atoms with van der Waals surface area (Å²) in [5.74, 6) is -1.99. The van der Waals surface area contributed by atoms with Crippen molar-refractivity contribution in [3.05, 3.63) is 64.1 Å². The van der Waals surface area contributed by atoms with E-state index >= 15 is 0 Å². The minimum atomic E-state index is -3.77. The molecule has 1 unspecified atom stereocenters. The van der Waals surface area contributed by atoms with Crippen molar-refractivity contribution < 1.29 is 17.2 Å². The number of hydrogen-bond donors (Lipinski definition) is 1. The maximum absolute atomic E-state index is 13.2. The van der Waals surface area contributed by atoms with Crippen LogP contribution in [0.5, 0.6) is 0 Å². The highest BCUT2D eigenvalue weighted by atomic mass is 79.9. The van der Waals surface area contributed by atoms with E-state index < -0.39 is 27.7 Å². The lowest BCUT2D eigenvalue weighted by atomic mass is 10.1. The molecule has 2 rings (SSSR count). The zero-order valence-corrected chi connectivity index (χ0v) is 13.4. The van der Waals surface area contributed by atoms with Gasteiger partial charge in [-0.05, 0) is 52.7 Å². The van der Waals surface area contributed by atoms with Crippen LogP contribution in [0.2, 0.25) is 0 Å². The van der Waals surface area contributed by atoms with Gasteiger partial charge in [0.25, 0.3) is 0 Å². The highest BCUT2D eigenvalue weighted by Gasteiger charge is 2.21. The molecule has 0 fully saturated rings. The highest BCUT2D eigenvalue weighted by molar-refractivity contribution is 9.10. The average molecular weight is 376 g/mol. The van der Waals surface area contributed by atoms with Crippen LogP contribution in [0.4, 0.5) is 8.78 Å². The van der Waals surface area contributed by atoms with E-state index in [0.29, 0.717) is 10.0 Å². The lowest BCUT2D eigenvalue weighted by molar-refractivity contribution is 0.504. The Hall–Kier alpha value is -1.31. The van der Waals surface area contributed by atoms with Crippen LogP contribution in [0.1, 0.15) is 18.5 Å². The Morgan fingerprint density at radius 1 is 1.10 bits per heavy atom. The second-order valence-corrected chi connectivity index (χ2v) is 6.98. The van der Waals surface area contributed by atoms with Crippen molar-refractivity contribution in [1.29, 1.82) is 0 Å². The van der Waals surface area contributed by atoms with Crippen molar-refractivity contribution in [2.45, 2.75) is 17.9 Å². The van der Waals surface area contributed by atoms with Crippen molar-refractivity contribution in [3.63, 3.8) is 0 Å². The molecular formula is C14H12BrF2NO2S. The van der Waals surface area contributed by atoms with Gasteiger partial charge >= 0.3 is 0 Å². The van der Waals surface area contributed by atoms with E-state index in [0.717, 1.165) is 12.1 Å². The molecule has 3 nitrogen and oxygen atoms in total. The van der Waals surface area contributed by atoms with E-state index in [1.165, 1.54) is 12.1 Å². The molecule has 0 saturated heterocycles. The molecule has 0 heterocycles. The molecule has 0 amide bonds. The molecule has 0 saturated carbocycles. The monoisotopic (exact) mass is 375 g/mol. The first kappa shape index (κ1) is 16.1. The van der Waals surface area contributed by atoms with Crippen molar-refractivity contribution in [2.75, 3.05) is 0 Å². The molecule has 0 aliphatic rings. The molecule has 0 aromatic heterocycles. The van der Waals surface area contributed by atoms with Gasteiger partial charge in [-0.2, -0.15) is 0 Å². The van der Waals surface area contributed by atoms with Crippen molar-refractivity contribution in [1.82, 2.24) is 4.72 Å². The van der Waals surface area contributed by atoms with Gasteiger partial charge < -0.3 is 0 Å². The van der Waals surface area contributed by atoms with Gasteiger partial charge in [0.1, 0.15) is 0 Å². The van der Waals surface area contributed by atoms with Crippen LogP contribution in [0.3, 0.4) is 0 Å². The minimum absolute atomic E-state index is 0.0828. The molecule has 1 atom stereocenters. The van der Waals surface area contributed by atoms with Crippen LogP contribution in [0.25, 0.3) is 0 Å². The Morgan fingerprint density at radius 2 is 1.76 bits per heavy atom. The van der Waals surface area contributed by atoms with Crippen LogP contribution >= 0.6 is 15.9 Å². The fraction of sp³-hybridized carbons (Fsp3) is 0.143. The van der Waals surface area contributed by atoms with Crippen molar-refractivity contribution in [2.24, 2.45) is 0 Å². The molecule has 0 bridgehead atoms. The summed E-state index contributed by atoms with van der Waals surface area (Å²) < 4.78 is 53.5. The summed E-state index contributed by atoms with van der Waals surface area (Å²) in [7, 11) is -3.77. The van der Waals surface area contributed by atoms with Crippen LogP contribution in [0, 0.1) is 11.6 Å². The largest absolute Gasteiger partial charge is 0.242 e. The topological polar surface area (TPSA) is 46.2 Å². The van der Waals surface area contributed by atoms with Gasteiger partial charge in [0.05, 0.1) is 4.90 Å². The zero-order chi connectivity index (χ0) is 15.6. The van der Waals surface area contributed by atoms with Crippen LogP contribution < -0.4 is 4.72 Å². The molecule has 1 N–H and O–H groups in total. The summed E-state index contributed by atoms with van der Waals surface area (Å²) in [5.41, 5.74) is 0.338.